The van der Waals surface area contributed by atoms with Gasteiger partial charge in [-0.15, -0.1) is 0 Å². The summed E-state index contributed by atoms with van der Waals surface area (Å²) in [5.41, 5.74) is -1.78. The molecule has 0 fully saturated rings. The van der Waals surface area contributed by atoms with Crippen LogP contribution in [-0.4, -0.2) is 36.2 Å². The van der Waals surface area contributed by atoms with Crippen molar-refractivity contribution < 1.29 is 29.0 Å². The zero-order valence-corrected chi connectivity index (χ0v) is 9.61. The Morgan fingerprint density at radius 3 is 1.69 bits per heavy atom. The van der Waals surface area contributed by atoms with Crippen molar-refractivity contribution in [3.05, 3.63) is 0 Å². The highest BCUT2D eigenvalue weighted by Gasteiger charge is 2.46. The van der Waals surface area contributed by atoms with Crippen LogP contribution in [-0.2, 0) is 23.9 Å². The molecular formula is C10H16O6. The van der Waals surface area contributed by atoms with E-state index >= 15 is 0 Å². The molecule has 6 nitrogen and oxygen atoms in total. The zero-order valence-electron chi connectivity index (χ0n) is 9.61. The Morgan fingerprint density at radius 2 is 1.44 bits per heavy atom. The summed E-state index contributed by atoms with van der Waals surface area (Å²) in [6, 6.07) is 0. The fourth-order valence-electron chi connectivity index (χ4n) is 1.11. The van der Waals surface area contributed by atoms with Crippen molar-refractivity contribution in [3.8, 4) is 0 Å². The number of rotatable bonds is 6. The summed E-state index contributed by atoms with van der Waals surface area (Å²) in [5, 5.41) is 8.67. The molecule has 0 aromatic carbocycles. The Balaban J connectivity index is 4.93. The SMILES string of the molecule is CCOC(=O)C(C)(CC(=O)O)C(=O)OCC. The molecule has 16 heavy (non-hydrogen) atoms. The third-order valence-corrected chi connectivity index (χ3v) is 1.96. The van der Waals surface area contributed by atoms with E-state index in [1.54, 1.807) is 13.8 Å². The van der Waals surface area contributed by atoms with Crippen LogP contribution in [0.5, 0.6) is 0 Å². The molecule has 0 saturated heterocycles. The third-order valence-electron chi connectivity index (χ3n) is 1.96. The molecule has 0 rings (SSSR count). The van der Waals surface area contributed by atoms with Gasteiger partial charge in [0.25, 0.3) is 0 Å². The Labute approximate surface area is 93.5 Å². The predicted octanol–water partition coefficient (Wildman–Crippen LogP) is 0.594. The van der Waals surface area contributed by atoms with Crippen molar-refractivity contribution in [2.24, 2.45) is 5.41 Å². The number of carboxylic acid groups (broad SMARTS) is 1. The van der Waals surface area contributed by atoms with Gasteiger partial charge in [0.1, 0.15) is 0 Å². The highest BCUT2D eigenvalue weighted by atomic mass is 16.6. The second kappa shape index (κ2) is 6.09. The van der Waals surface area contributed by atoms with Gasteiger partial charge in [-0.1, -0.05) is 0 Å². The van der Waals surface area contributed by atoms with Crippen molar-refractivity contribution in [2.45, 2.75) is 27.2 Å². The van der Waals surface area contributed by atoms with E-state index in [2.05, 4.69) is 9.47 Å². The first-order valence-corrected chi connectivity index (χ1v) is 4.94. The number of ether oxygens (including phenoxy) is 2. The minimum Gasteiger partial charge on any atom is -0.481 e. The smallest absolute Gasteiger partial charge is 0.323 e. The molecule has 0 spiro atoms. The van der Waals surface area contributed by atoms with E-state index in [4.69, 9.17) is 5.11 Å². The lowest BCUT2D eigenvalue weighted by Gasteiger charge is -2.22. The van der Waals surface area contributed by atoms with E-state index in [0.717, 1.165) is 0 Å². The van der Waals surface area contributed by atoms with Gasteiger partial charge in [-0.05, 0) is 20.8 Å². The number of carbonyl (C=O) groups excluding carboxylic acids is 2. The average Bonchev–Trinajstić information content (AvgIpc) is 2.17. The number of aliphatic carboxylic acids is 1. The highest BCUT2D eigenvalue weighted by Crippen LogP contribution is 2.25. The summed E-state index contributed by atoms with van der Waals surface area (Å²) in [7, 11) is 0. The minimum absolute atomic E-state index is 0.0768. The van der Waals surface area contributed by atoms with Crippen LogP contribution in [0.4, 0.5) is 0 Å². The van der Waals surface area contributed by atoms with Crippen LogP contribution >= 0.6 is 0 Å². The van der Waals surface area contributed by atoms with Gasteiger partial charge < -0.3 is 14.6 Å². The maximum Gasteiger partial charge on any atom is 0.323 e. The third kappa shape index (κ3) is 3.52. The maximum atomic E-state index is 11.5. The van der Waals surface area contributed by atoms with E-state index in [-0.39, 0.29) is 13.2 Å². The molecule has 0 aromatic heterocycles. The van der Waals surface area contributed by atoms with Crippen molar-refractivity contribution in [1.82, 2.24) is 0 Å². The van der Waals surface area contributed by atoms with Crippen molar-refractivity contribution >= 4 is 17.9 Å². The second-order valence-corrected chi connectivity index (χ2v) is 3.34. The van der Waals surface area contributed by atoms with E-state index in [1.165, 1.54) is 6.92 Å². The molecule has 0 atom stereocenters. The monoisotopic (exact) mass is 232 g/mol. The molecule has 0 aliphatic carbocycles. The quantitative estimate of drug-likeness (QED) is 0.532. The average molecular weight is 232 g/mol. The van der Waals surface area contributed by atoms with Gasteiger partial charge in [0, 0.05) is 0 Å². The molecule has 0 radical (unpaired) electrons. The summed E-state index contributed by atoms with van der Waals surface area (Å²) in [4.78, 5) is 33.7. The van der Waals surface area contributed by atoms with Crippen LogP contribution in [0, 0.1) is 5.41 Å². The molecular weight excluding hydrogens is 216 g/mol. The largest absolute Gasteiger partial charge is 0.481 e. The Hall–Kier alpha value is -1.59. The molecule has 0 aromatic rings. The minimum atomic E-state index is -1.78. The van der Waals surface area contributed by atoms with Crippen molar-refractivity contribution in [1.29, 1.82) is 0 Å². The van der Waals surface area contributed by atoms with E-state index in [0.29, 0.717) is 0 Å². The van der Waals surface area contributed by atoms with Crippen LogP contribution in [0.25, 0.3) is 0 Å². The Bertz CT molecular complexity index is 265. The fraction of sp³-hybridized carbons (Fsp3) is 0.700. The number of esters is 2. The first-order valence-electron chi connectivity index (χ1n) is 4.94. The first-order chi connectivity index (χ1) is 7.38. The number of carbonyl (C=O) groups is 3. The molecule has 1 N–H and O–H groups in total. The Kier molecular flexibility index (Phi) is 5.49. The van der Waals surface area contributed by atoms with E-state index in [1.807, 2.05) is 0 Å². The normalized spacial score (nSPS) is 10.7. The summed E-state index contributed by atoms with van der Waals surface area (Å²) in [6.07, 6.45) is -0.648. The molecule has 6 heteroatoms. The summed E-state index contributed by atoms with van der Waals surface area (Å²) < 4.78 is 9.34. The van der Waals surface area contributed by atoms with Gasteiger partial charge in [0.15, 0.2) is 5.41 Å². The first kappa shape index (κ1) is 14.4. The van der Waals surface area contributed by atoms with Gasteiger partial charge in [0.05, 0.1) is 19.6 Å². The topological polar surface area (TPSA) is 89.9 Å². The summed E-state index contributed by atoms with van der Waals surface area (Å²) in [6.45, 7) is 4.51. The molecule has 0 aliphatic heterocycles. The van der Waals surface area contributed by atoms with Crippen molar-refractivity contribution in [2.75, 3.05) is 13.2 Å². The van der Waals surface area contributed by atoms with Gasteiger partial charge in [-0.2, -0.15) is 0 Å². The predicted molar refractivity (Wildman–Crippen MR) is 53.6 cm³/mol. The summed E-state index contributed by atoms with van der Waals surface area (Å²) >= 11 is 0. The number of hydrogen-bond donors (Lipinski definition) is 1. The van der Waals surface area contributed by atoms with Crippen LogP contribution in [0.1, 0.15) is 27.2 Å². The Morgan fingerprint density at radius 1 is 1.06 bits per heavy atom. The maximum absolute atomic E-state index is 11.5. The molecule has 0 aliphatic rings. The highest BCUT2D eigenvalue weighted by molar-refractivity contribution is 6.02. The number of carboxylic acids is 1. The lowest BCUT2D eigenvalue weighted by atomic mass is 9.87. The number of hydrogen-bond acceptors (Lipinski definition) is 5. The fourth-order valence-corrected chi connectivity index (χ4v) is 1.11. The van der Waals surface area contributed by atoms with Crippen molar-refractivity contribution in [3.63, 3.8) is 0 Å². The molecule has 0 heterocycles. The van der Waals surface area contributed by atoms with Crippen LogP contribution in [0.2, 0.25) is 0 Å². The van der Waals surface area contributed by atoms with Crippen LogP contribution in [0.3, 0.4) is 0 Å². The molecule has 0 unspecified atom stereocenters. The molecule has 0 bridgehead atoms. The molecule has 0 saturated carbocycles. The van der Waals surface area contributed by atoms with E-state index in [9.17, 15) is 14.4 Å². The second-order valence-electron chi connectivity index (χ2n) is 3.34. The van der Waals surface area contributed by atoms with Crippen LogP contribution < -0.4 is 0 Å². The van der Waals surface area contributed by atoms with Gasteiger partial charge in [0.2, 0.25) is 0 Å². The van der Waals surface area contributed by atoms with Gasteiger partial charge in [-0.3, -0.25) is 14.4 Å². The standard InChI is InChI=1S/C10H16O6/c1-4-15-8(13)10(3,6-7(11)12)9(14)16-5-2/h4-6H2,1-3H3,(H,11,12). The van der Waals surface area contributed by atoms with Crippen LogP contribution in [0.15, 0.2) is 0 Å². The molecule has 92 valence electrons. The lowest BCUT2D eigenvalue weighted by molar-refractivity contribution is -0.174. The van der Waals surface area contributed by atoms with Gasteiger partial charge in [-0.25, -0.2) is 0 Å². The van der Waals surface area contributed by atoms with Gasteiger partial charge >= 0.3 is 17.9 Å². The van der Waals surface area contributed by atoms with E-state index < -0.39 is 29.7 Å². The lowest BCUT2D eigenvalue weighted by Crippen LogP contribution is -2.41. The molecule has 0 amide bonds. The summed E-state index contributed by atoms with van der Waals surface area (Å²) in [5.74, 6) is -3.02. The zero-order chi connectivity index (χ0) is 12.8.